The van der Waals surface area contributed by atoms with Crippen molar-refractivity contribution >= 4 is 10.0 Å². The van der Waals surface area contributed by atoms with E-state index < -0.39 is 10.0 Å². The zero-order chi connectivity index (χ0) is 15.6. The van der Waals surface area contributed by atoms with E-state index in [1.54, 1.807) is 6.92 Å². The zero-order valence-corrected chi connectivity index (χ0v) is 14.6. The minimum absolute atomic E-state index is 0.189. The third kappa shape index (κ3) is 4.02. The van der Waals surface area contributed by atoms with Crippen LogP contribution in [0.3, 0.4) is 0 Å². The molecule has 1 aliphatic carbocycles. The van der Waals surface area contributed by atoms with E-state index in [2.05, 4.69) is 14.9 Å². The highest BCUT2D eigenvalue weighted by molar-refractivity contribution is 7.89. The number of nitrogens with zero attached hydrogens (tertiary/aromatic N) is 1. The highest BCUT2D eigenvalue weighted by Gasteiger charge is 2.45. The zero-order valence-electron chi connectivity index (χ0n) is 13.8. The molecular formula is C16H31N3O2S. The van der Waals surface area contributed by atoms with Gasteiger partial charge in [0.15, 0.2) is 0 Å². The predicted molar refractivity (Wildman–Crippen MR) is 89.3 cm³/mol. The maximum absolute atomic E-state index is 11.5. The Labute approximate surface area is 135 Å². The summed E-state index contributed by atoms with van der Waals surface area (Å²) in [6.07, 6.45) is 6.27. The van der Waals surface area contributed by atoms with Crippen molar-refractivity contribution in [1.82, 2.24) is 14.9 Å². The quantitative estimate of drug-likeness (QED) is 0.764. The topological polar surface area (TPSA) is 61.4 Å². The first-order valence-corrected chi connectivity index (χ1v) is 10.6. The number of nitrogens with one attached hydrogen (secondary N) is 2. The summed E-state index contributed by atoms with van der Waals surface area (Å²) in [6, 6.07) is 0. The number of rotatable bonds is 6. The molecule has 0 amide bonds. The van der Waals surface area contributed by atoms with Crippen LogP contribution in [0.2, 0.25) is 0 Å². The Hall–Kier alpha value is -0.170. The average Bonchev–Trinajstić information content (AvgIpc) is 2.98. The van der Waals surface area contributed by atoms with Crippen LogP contribution in [0.25, 0.3) is 0 Å². The lowest BCUT2D eigenvalue weighted by molar-refractivity contribution is -0.0437. The molecule has 22 heavy (non-hydrogen) atoms. The number of hydrogen-bond donors (Lipinski definition) is 2. The van der Waals surface area contributed by atoms with Gasteiger partial charge in [-0.3, -0.25) is 0 Å². The van der Waals surface area contributed by atoms with E-state index in [0.717, 1.165) is 5.92 Å². The van der Waals surface area contributed by atoms with Crippen LogP contribution in [0.5, 0.6) is 0 Å². The second-order valence-corrected chi connectivity index (χ2v) is 9.82. The second-order valence-electron chi connectivity index (χ2n) is 7.72. The van der Waals surface area contributed by atoms with Crippen molar-refractivity contribution in [1.29, 1.82) is 0 Å². The van der Waals surface area contributed by atoms with Crippen LogP contribution in [-0.4, -0.2) is 58.3 Å². The Morgan fingerprint density at radius 1 is 1.18 bits per heavy atom. The van der Waals surface area contributed by atoms with Gasteiger partial charge in [0, 0.05) is 26.2 Å². The molecule has 0 aromatic carbocycles. The molecule has 1 atom stereocenters. The summed E-state index contributed by atoms with van der Waals surface area (Å²) in [5.41, 5.74) is 0.562. The van der Waals surface area contributed by atoms with Crippen LogP contribution in [0, 0.1) is 17.3 Å². The summed E-state index contributed by atoms with van der Waals surface area (Å²) in [4.78, 5) is 2.64. The summed E-state index contributed by atoms with van der Waals surface area (Å²) < 4.78 is 25.8. The molecule has 0 bridgehead atoms. The van der Waals surface area contributed by atoms with Crippen molar-refractivity contribution in [3.05, 3.63) is 0 Å². The van der Waals surface area contributed by atoms with Crippen molar-refractivity contribution in [2.45, 2.75) is 39.0 Å². The Morgan fingerprint density at radius 2 is 1.91 bits per heavy atom. The van der Waals surface area contributed by atoms with Gasteiger partial charge >= 0.3 is 0 Å². The third-order valence-corrected chi connectivity index (χ3v) is 7.30. The minimum atomic E-state index is -3.03. The fraction of sp³-hybridized carbons (Fsp3) is 1.00. The van der Waals surface area contributed by atoms with Crippen molar-refractivity contribution in [2.24, 2.45) is 17.3 Å². The monoisotopic (exact) mass is 329 g/mol. The number of hydrogen-bond acceptors (Lipinski definition) is 4. The molecule has 128 valence electrons. The molecule has 2 heterocycles. The third-order valence-electron chi connectivity index (χ3n) is 5.93. The lowest BCUT2D eigenvalue weighted by Gasteiger charge is -2.54. The van der Waals surface area contributed by atoms with Gasteiger partial charge < -0.3 is 10.2 Å². The van der Waals surface area contributed by atoms with E-state index in [4.69, 9.17) is 0 Å². The first-order chi connectivity index (χ1) is 10.5. The molecule has 1 saturated carbocycles. The molecule has 6 heteroatoms. The second kappa shape index (κ2) is 6.75. The molecule has 3 aliphatic rings. The van der Waals surface area contributed by atoms with Gasteiger partial charge in [0.2, 0.25) is 10.0 Å². The first kappa shape index (κ1) is 16.7. The van der Waals surface area contributed by atoms with Gasteiger partial charge in [-0.1, -0.05) is 0 Å². The molecule has 0 aromatic rings. The van der Waals surface area contributed by atoms with E-state index >= 15 is 0 Å². The van der Waals surface area contributed by atoms with Gasteiger partial charge in [-0.2, -0.15) is 0 Å². The summed E-state index contributed by atoms with van der Waals surface area (Å²) in [5, 5.41) is 3.45. The van der Waals surface area contributed by atoms with Crippen LogP contribution >= 0.6 is 0 Å². The molecule has 5 nitrogen and oxygen atoms in total. The minimum Gasteiger partial charge on any atom is -0.316 e. The normalized spacial score (nSPS) is 29.8. The first-order valence-electron chi connectivity index (χ1n) is 8.91. The molecule has 2 saturated heterocycles. The maximum atomic E-state index is 11.5. The lowest BCUT2D eigenvalue weighted by Crippen LogP contribution is -2.58. The number of likely N-dealkylation sites (tertiary alicyclic amines) is 1. The van der Waals surface area contributed by atoms with Crippen molar-refractivity contribution in [3.63, 3.8) is 0 Å². The van der Waals surface area contributed by atoms with E-state index in [9.17, 15) is 8.42 Å². The Bertz CT molecular complexity index is 458. The van der Waals surface area contributed by atoms with E-state index in [1.165, 1.54) is 64.8 Å². The number of sulfonamides is 1. The Kier molecular flexibility index (Phi) is 5.12. The van der Waals surface area contributed by atoms with Gasteiger partial charge in [0.25, 0.3) is 0 Å². The van der Waals surface area contributed by atoms with Crippen LogP contribution in [0.15, 0.2) is 0 Å². The van der Waals surface area contributed by atoms with Crippen LogP contribution in [0.4, 0.5) is 0 Å². The van der Waals surface area contributed by atoms with Gasteiger partial charge in [0.05, 0.1) is 5.75 Å². The molecule has 2 N–H and O–H groups in total. The summed E-state index contributed by atoms with van der Waals surface area (Å²) >= 11 is 0. The van der Waals surface area contributed by atoms with Gasteiger partial charge in [0.1, 0.15) is 0 Å². The van der Waals surface area contributed by atoms with Gasteiger partial charge in [-0.25, -0.2) is 13.1 Å². The largest absolute Gasteiger partial charge is 0.316 e. The Morgan fingerprint density at radius 3 is 2.50 bits per heavy atom. The Balaban J connectivity index is 1.36. The fourth-order valence-electron chi connectivity index (χ4n) is 4.42. The smallest absolute Gasteiger partial charge is 0.211 e. The molecule has 3 fully saturated rings. The highest BCUT2D eigenvalue weighted by atomic mass is 32.2. The van der Waals surface area contributed by atoms with Gasteiger partial charge in [-0.05, 0) is 69.4 Å². The molecule has 2 aliphatic heterocycles. The van der Waals surface area contributed by atoms with Crippen molar-refractivity contribution in [3.8, 4) is 0 Å². The average molecular weight is 330 g/mol. The molecule has 0 unspecified atom stereocenters. The van der Waals surface area contributed by atoms with Crippen LogP contribution in [0.1, 0.15) is 39.0 Å². The van der Waals surface area contributed by atoms with E-state index in [0.29, 0.717) is 17.9 Å². The van der Waals surface area contributed by atoms with Crippen LogP contribution < -0.4 is 10.0 Å². The maximum Gasteiger partial charge on any atom is 0.211 e. The molecule has 0 aromatic heterocycles. The highest BCUT2D eigenvalue weighted by Crippen LogP contribution is 2.45. The predicted octanol–water partition coefficient (Wildman–Crippen LogP) is 1.03. The van der Waals surface area contributed by atoms with Gasteiger partial charge in [-0.15, -0.1) is 0 Å². The molecular weight excluding hydrogens is 298 g/mol. The SMILES string of the molecule is CCS(=O)(=O)NCC1CCC2(CC1)CN(C[C@@H]1CCNC1)C2. The molecule has 1 spiro atoms. The lowest BCUT2D eigenvalue weighted by atomic mass is 9.66. The van der Waals surface area contributed by atoms with E-state index in [-0.39, 0.29) is 5.75 Å². The van der Waals surface area contributed by atoms with E-state index in [1.807, 2.05) is 0 Å². The van der Waals surface area contributed by atoms with Crippen molar-refractivity contribution < 1.29 is 8.42 Å². The summed E-state index contributed by atoms with van der Waals surface area (Å²) in [5.74, 6) is 1.59. The fourth-order valence-corrected chi connectivity index (χ4v) is 5.12. The van der Waals surface area contributed by atoms with Crippen molar-refractivity contribution in [2.75, 3.05) is 45.0 Å². The summed E-state index contributed by atoms with van der Waals surface area (Å²) in [6.45, 7) is 8.55. The standard InChI is InChI=1S/C16H31N3O2S/c1-2-22(20,21)18-10-14-3-6-16(7-4-14)12-19(13-16)11-15-5-8-17-9-15/h14-15,17-18H,2-13H2,1H3/t15-/m1/s1. The van der Waals surface area contributed by atoms with Crippen LogP contribution in [-0.2, 0) is 10.0 Å². The summed E-state index contributed by atoms with van der Waals surface area (Å²) in [7, 11) is -3.03. The molecule has 3 rings (SSSR count). The molecule has 0 radical (unpaired) electrons.